The molecule has 0 aromatic heterocycles. The third-order valence-corrected chi connectivity index (χ3v) is 4.42. The Labute approximate surface area is 146 Å². The van der Waals surface area contributed by atoms with Crippen LogP contribution >= 0.6 is 0 Å². The third-order valence-electron chi connectivity index (χ3n) is 4.42. The minimum atomic E-state index is -0.353. The zero-order valence-corrected chi connectivity index (χ0v) is 14.0. The number of carbonyl (C=O) groups is 2. The average Bonchev–Trinajstić information content (AvgIpc) is 3.02. The lowest BCUT2D eigenvalue weighted by atomic mass is 10.1. The normalized spacial score (nSPS) is 16.9. The summed E-state index contributed by atoms with van der Waals surface area (Å²) in [5.74, 6) is -0.889. The van der Waals surface area contributed by atoms with Gasteiger partial charge >= 0.3 is 0 Å². The number of nitrogens with zero attached hydrogens (tertiary/aromatic N) is 1. The van der Waals surface area contributed by atoms with Crippen molar-refractivity contribution in [3.63, 3.8) is 0 Å². The van der Waals surface area contributed by atoms with Crippen molar-refractivity contribution in [2.75, 3.05) is 18.0 Å². The summed E-state index contributed by atoms with van der Waals surface area (Å²) in [5.41, 5.74) is 1.88. The van der Waals surface area contributed by atoms with Crippen molar-refractivity contribution < 1.29 is 14.0 Å². The van der Waals surface area contributed by atoms with Gasteiger partial charge in [-0.1, -0.05) is 30.3 Å². The number of halogens is 1. The average molecular weight is 340 g/mol. The quantitative estimate of drug-likeness (QED) is 0.822. The van der Waals surface area contributed by atoms with E-state index in [1.807, 2.05) is 18.2 Å². The van der Waals surface area contributed by atoms with Crippen molar-refractivity contribution in [3.8, 4) is 0 Å². The molecule has 1 aliphatic heterocycles. The SMILES string of the molecule is O=C(NCCCc1ccccc1)[C@@H]1CC(=O)N(c2ccc(F)cc2)C1. The molecule has 130 valence electrons. The van der Waals surface area contributed by atoms with E-state index < -0.39 is 0 Å². The standard InChI is InChI=1S/C20H21FN2O2/c21-17-8-10-18(11-9-17)23-14-16(13-19(23)24)20(25)22-12-4-7-15-5-2-1-3-6-15/h1-3,5-6,8-11,16H,4,7,12-14H2,(H,22,25)/t16-/m1/s1. The molecule has 1 N–H and O–H groups in total. The van der Waals surface area contributed by atoms with Gasteiger partial charge in [0, 0.05) is 25.2 Å². The van der Waals surface area contributed by atoms with Crippen LogP contribution in [0.15, 0.2) is 54.6 Å². The van der Waals surface area contributed by atoms with Gasteiger partial charge in [0.25, 0.3) is 0 Å². The molecule has 5 heteroatoms. The van der Waals surface area contributed by atoms with Crippen LogP contribution in [0, 0.1) is 11.7 Å². The Morgan fingerprint density at radius 1 is 1.12 bits per heavy atom. The summed E-state index contributed by atoms with van der Waals surface area (Å²) in [5, 5.41) is 2.92. The first kappa shape index (κ1) is 17.1. The van der Waals surface area contributed by atoms with Gasteiger partial charge in [0.1, 0.15) is 5.82 Å². The Hall–Kier alpha value is -2.69. The fourth-order valence-corrected chi connectivity index (χ4v) is 3.05. The topological polar surface area (TPSA) is 49.4 Å². The van der Waals surface area contributed by atoms with Crippen LogP contribution in [0.4, 0.5) is 10.1 Å². The predicted molar refractivity (Wildman–Crippen MR) is 94.6 cm³/mol. The second-order valence-electron chi connectivity index (χ2n) is 6.26. The molecule has 0 bridgehead atoms. The molecular weight excluding hydrogens is 319 g/mol. The Morgan fingerprint density at radius 3 is 2.56 bits per heavy atom. The monoisotopic (exact) mass is 340 g/mol. The first-order chi connectivity index (χ1) is 12.1. The fraction of sp³-hybridized carbons (Fsp3) is 0.300. The first-order valence-corrected chi connectivity index (χ1v) is 8.51. The van der Waals surface area contributed by atoms with Crippen LogP contribution in [0.2, 0.25) is 0 Å². The maximum atomic E-state index is 13.0. The molecule has 1 heterocycles. The van der Waals surface area contributed by atoms with Crippen LogP contribution < -0.4 is 10.2 Å². The number of nitrogens with one attached hydrogen (secondary N) is 1. The van der Waals surface area contributed by atoms with Gasteiger partial charge in [0.2, 0.25) is 11.8 Å². The van der Waals surface area contributed by atoms with Crippen molar-refractivity contribution in [3.05, 3.63) is 66.0 Å². The second kappa shape index (κ2) is 7.92. The molecule has 3 rings (SSSR count). The minimum Gasteiger partial charge on any atom is -0.356 e. The minimum absolute atomic E-state index is 0.0916. The van der Waals surface area contributed by atoms with Crippen LogP contribution in [0.25, 0.3) is 0 Å². The first-order valence-electron chi connectivity index (χ1n) is 8.51. The lowest BCUT2D eigenvalue weighted by molar-refractivity contribution is -0.126. The molecule has 2 amide bonds. The van der Waals surface area contributed by atoms with Crippen LogP contribution in [-0.2, 0) is 16.0 Å². The highest BCUT2D eigenvalue weighted by Gasteiger charge is 2.34. The van der Waals surface area contributed by atoms with Crippen molar-refractivity contribution in [2.45, 2.75) is 19.3 Å². The van der Waals surface area contributed by atoms with Crippen LogP contribution in [0.5, 0.6) is 0 Å². The van der Waals surface area contributed by atoms with E-state index in [0.717, 1.165) is 12.8 Å². The van der Waals surface area contributed by atoms with Gasteiger partial charge in [-0.3, -0.25) is 9.59 Å². The molecule has 1 saturated heterocycles. The van der Waals surface area contributed by atoms with Gasteiger partial charge in [-0.25, -0.2) is 4.39 Å². The Balaban J connectivity index is 1.46. The molecule has 1 fully saturated rings. The molecule has 2 aromatic rings. The summed E-state index contributed by atoms with van der Waals surface area (Å²) in [6.07, 6.45) is 1.96. The number of hydrogen-bond acceptors (Lipinski definition) is 2. The summed E-state index contributed by atoms with van der Waals surface area (Å²) >= 11 is 0. The second-order valence-corrected chi connectivity index (χ2v) is 6.26. The number of anilines is 1. The van der Waals surface area contributed by atoms with Gasteiger partial charge in [-0.15, -0.1) is 0 Å². The number of carbonyl (C=O) groups excluding carboxylic acids is 2. The van der Waals surface area contributed by atoms with E-state index in [1.54, 1.807) is 17.0 Å². The van der Waals surface area contributed by atoms with E-state index in [-0.39, 0.29) is 30.0 Å². The largest absolute Gasteiger partial charge is 0.356 e. The van der Waals surface area contributed by atoms with Gasteiger partial charge in [-0.2, -0.15) is 0 Å². The Morgan fingerprint density at radius 2 is 1.84 bits per heavy atom. The summed E-state index contributed by atoms with van der Waals surface area (Å²) in [7, 11) is 0. The summed E-state index contributed by atoms with van der Waals surface area (Å²) in [4.78, 5) is 26.0. The molecule has 0 aliphatic carbocycles. The molecular formula is C20H21FN2O2. The van der Waals surface area contributed by atoms with E-state index in [1.165, 1.54) is 17.7 Å². The molecule has 2 aromatic carbocycles. The smallest absolute Gasteiger partial charge is 0.227 e. The summed E-state index contributed by atoms with van der Waals surface area (Å²) in [6, 6.07) is 15.9. The summed E-state index contributed by atoms with van der Waals surface area (Å²) < 4.78 is 13.0. The molecule has 0 radical (unpaired) electrons. The molecule has 0 saturated carbocycles. The molecule has 1 atom stereocenters. The fourth-order valence-electron chi connectivity index (χ4n) is 3.05. The highest BCUT2D eigenvalue weighted by Crippen LogP contribution is 2.25. The van der Waals surface area contributed by atoms with Crippen molar-refractivity contribution in [2.24, 2.45) is 5.92 Å². The Kier molecular flexibility index (Phi) is 5.43. The highest BCUT2D eigenvalue weighted by atomic mass is 19.1. The van der Waals surface area contributed by atoms with E-state index >= 15 is 0 Å². The van der Waals surface area contributed by atoms with E-state index in [4.69, 9.17) is 0 Å². The number of benzene rings is 2. The molecule has 0 unspecified atom stereocenters. The van der Waals surface area contributed by atoms with E-state index in [0.29, 0.717) is 18.8 Å². The maximum Gasteiger partial charge on any atom is 0.227 e. The number of aryl methyl sites for hydroxylation is 1. The predicted octanol–water partition coefficient (Wildman–Crippen LogP) is 2.93. The van der Waals surface area contributed by atoms with Crippen LogP contribution in [-0.4, -0.2) is 24.9 Å². The van der Waals surface area contributed by atoms with Crippen molar-refractivity contribution in [1.82, 2.24) is 5.32 Å². The molecule has 4 nitrogen and oxygen atoms in total. The van der Waals surface area contributed by atoms with Gasteiger partial charge in [0.05, 0.1) is 5.92 Å². The van der Waals surface area contributed by atoms with Gasteiger partial charge < -0.3 is 10.2 Å². The van der Waals surface area contributed by atoms with Gasteiger partial charge in [-0.05, 0) is 42.7 Å². The number of amides is 2. The van der Waals surface area contributed by atoms with Crippen LogP contribution in [0.3, 0.4) is 0 Å². The molecule has 0 spiro atoms. The highest BCUT2D eigenvalue weighted by molar-refractivity contribution is 6.00. The number of rotatable bonds is 6. The summed E-state index contributed by atoms with van der Waals surface area (Å²) in [6.45, 7) is 0.934. The van der Waals surface area contributed by atoms with Gasteiger partial charge in [0.15, 0.2) is 0 Å². The zero-order chi connectivity index (χ0) is 17.6. The molecule has 25 heavy (non-hydrogen) atoms. The lowest BCUT2D eigenvalue weighted by Gasteiger charge is -2.16. The van der Waals surface area contributed by atoms with Crippen molar-refractivity contribution in [1.29, 1.82) is 0 Å². The van der Waals surface area contributed by atoms with Crippen LogP contribution in [0.1, 0.15) is 18.4 Å². The lowest BCUT2D eigenvalue weighted by Crippen LogP contribution is -2.33. The number of hydrogen-bond donors (Lipinski definition) is 1. The maximum absolute atomic E-state index is 13.0. The van der Waals surface area contributed by atoms with Crippen molar-refractivity contribution >= 4 is 17.5 Å². The van der Waals surface area contributed by atoms with E-state index in [9.17, 15) is 14.0 Å². The Bertz CT molecular complexity index is 731. The molecule has 1 aliphatic rings. The van der Waals surface area contributed by atoms with E-state index in [2.05, 4.69) is 17.4 Å². The zero-order valence-electron chi connectivity index (χ0n) is 14.0. The third kappa shape index (κ3) is 4.44.